The molecule has 0 radical (unpaired) electrons. The number of carbonyl (C=O) groups is 1. The Bertz CT molecular complexity index is 473. The lowest BCUT2D eigenvalue weighted by Crippen LogP contribution is -2.31. The molecular formula is C17H23NO3. The molecule has 1 aromatic rings. The monoisotopic (exact) mass is 289 g/mol. The fraction of sp³-hybridized carbons (Fsp3) is 0.471. The van der Waals surface area contributed by atoms with E-state index in [1.807, 2.05) is 24.3 Å². The average Bonchev–Trinajstić information content (AvgIpc) is 2.53. The smallest absolute Gasteiger partial charge is 0.244 e. The SMILES string of the molecule is COc1ccc(/C=C/C(=O)NCC2CCC(O)CC2)cc1. The molecule has 1 amide bonds. The summed E-state index contributed by atoms with van der Waals surface area (Å²) in [6.45, 7) is 0.693. The topological polar surface area (TPSA) is 58.6 Å². The number of hydrogen-bond donors (Lipinski definition) is 2. The Labute approximate surface area is 125 Å². The van der Waals surface area contributed by atoms with E-state index in [1.54, 1.807) is 19.3 Å². The van der Waals surface area contributed by atoms with Gasteiger partial charge >= 0.3 is 0 Å². The number of hydrogen-bond acceptors (Lipinski definition) is 3. The molecule has 2 rings (SSSR count). The normalized spacial score (nSPS) is 22.2. The summed E-state index contributed by atoms with van der Waals surface area (Å²) in [6.07, 6.45) is 6.88. The van der Waals surface area contributed by atoms with Crippen molar-refractivity contribution in [3.05, 3.63) is 35.9 Å². The van der Waals surface area contributed by atoms with Gasteiger partial charge in [0, 0.05) is 12.6 Å². The van der Waals surface area contributed by atoms with Gasteiger partial charge in [-0.1, -0.05) is 12.1 Å². The zero-order valence-electron chi connectivity index (χ0n) is 12.4. The Morgan fingerprint density at radius 1 is 1.29 bits per heavy atom. The predicted molar refractivity (Wildman–Crippen MR) is 83.0 cm³/mol. The molecular weight excluding hydrogens is 266 g/mol. The first-order valence-corrected chi connectivity index (χ1v) is 7.45. The first-order chi connectivity index (χ1) is 10.2. The third kappa shape index (κ3) is 5.23. The summed E-state index contributed by atoms with van der Waals surface area (Å²) in [7, 11) is 1.63. The number of benzene rings is 1. The van der Waals surface area contributed by atoms with Crippen LogP contribution in [0.1, 0.15) is 31.2 Å². The predicted octanol–water partition coefficient (Wildman–Crippen LogP) is 2.38. The van der Waals surface area contributed by atoms with Gasteiger partial charge in [0.2, 0.25) is 5.91 Å². The van der Waals surface area contributed by atoms with E-state index in [-0.39, 0.29) is 12.0 Å². The minimum atomic E-state index is -0.146. The molecule has 0 unspecified atom stereocenters. The summed E-state index contributed by atoms with van der Waals surface area (Å²) < 4.78 is 5.09. The van der Waals surface area contributed by atoms with E-state index in [2.05, 4.69) is 5.32 Å². The van der Waals surface area contributed by atoms with E-state index in [0.717, 1.165) is 37.0 Å². The number of amides is 1. The van der Waals surface area contributed by atoms with Gasteiger partial charge in [-0.15, -0.1) is 0 Å². The number of nitrogens with one attached hydrogen (secondary N) is 1. The second-order valence-corrected chi connectivity index (χ2v) is 5.53. The van der Waals surface area contributed by atoms with Crippen LogP contribution >= 0.6 is 0 Å². The molecule has 1 fully saturated rings. The number of ether oxygens (including phenoxy) is 1. The summed E-state index contributed by atoms with van der Waals surface area (Å²) in [5.41, 5.74) is 0.965. The van der Waals surface area contributed by atoms with E-state index in [0.29, 0.717) is 12.5 Å². The summed E-state index contributed by atoms with van der Waals surface area (Å²) >= 11 is 0. The highest BCUT2D eigenvalue weighted by Crippen LogP contribution is 2.23. The molecule has 1 aliphatic carbocycles. The van der Waals surface area contributed by atoms with Gasteiger partial charge in [0.15, 0.2) is 0 Å². The van der Waals surface area contributed by atoms with E-state index in [1.165, 1.54) is 0 Å². The van der Waals surface area contributed by atoms with Gasteiger partial charge in [-0.25, -0.2) is 0 Å². The molecule has 1 aromatic carbocycles. The van der Waals surface area contributed by atoms with Gasteiger partial charge < -0.3 is 15.2 Å². The molecule has 2 N–H and O–H groups in total. The third-order valence-electron chi connectivity index (χ3n) is 3.92. The van der Waals surface area contributed by atoms with Crippen LogP contribution in [0.25, 0.3) is 6.08 Å². The first-order valence-electron chi connectivity index (χ1n) is 7.45. The Morgan fingerprint density at radius 2 is 1.95 bits per heavy atom. The highest BCUT2D eigenvalue weighted by Gasteiger charge is 2.19. The molecule has 0 heterocycles. The van der Waals surface area contributed by atoms with Crippen molar-refractivity contribution in [2.24, 2.45) is 5.92 Å². The maximum Gasteiger partial charge on any atom is 0.244 e. The first kappa shape index (κ1) is 15.6. The van der Waals surface area contributed by atoms with Crippen LogP contribution in [-0.2, 0) is 4.79 Å². The van der Waals surface area contributed by atoms with Crippen LogP contribution in [0.5, 0.6) is 5.75 Å². The van der Waals surface area contributed by atoms with E-state index >= 15 is 0 Å². The lowest BCUT2D eigenvalue weighted by atomic mass is 9.87. The van der Waals surface area contributed by atoms with Gasteiger partial charge in [0.1, 0.15) is 5.75 Å². The van der Waals surface area contributed by atoms with Crippen LogP contribution in [0, 0.1) is 5.92 Å². The molecule has 4 nitrogen and oxygen atoms in total. The summed E-state index contributed by atoms with van der Waals surface area (Å²) in [5.74, 6) is 1.22. The fourth-order valence-electron chi connectivity index (χ4n) is 2.54. The second-order valence-electron chi connectivity index (χ2n) is 5.53. The van der Waals surface area contributed by atoms with Crippen molar-refractivity contribution < 1.29 is 14.6 Å². The maximum absolute atomic E-state index is 11.8. The molecule has 0 bridgehead atoms. The van der Waals surface area contributed by atoms with E-state index in [4.69, 9.17) is 4.74 Å². The van der Waals surface area contributed by atoms with Crippen molar-refractivity contribution in [1.29, 1.82) is 0 Å². The molecule has 114 valence electrons. The number of carbonyl (C=O) groups excluding carboxylic acids is 1. The summed E-state index contributed by atoms with van der Waals surface area (Å²) in [4.78, 5) is 11.8. The minimum absolute atomic E-state index is 0.0723. The van der Waals surface area contributed by atoms with Crippen LogP contribution in [-0.4, -0.2) is 30.8 Å². The third-order valence-corrected chi connectivity index (χ3v) is 3.92. The number of aliphatic hydroxyl groups excluding tert-OH is 1. The second kappa shape index (κ2) is 7.84. The number of aliphatic hydroxyl groups is 1. The van der Waals surface area contributed by atoms with Crippen LogP contribution < -0.4 is 10.1 Å². The molecule has 0 spiro atoms. The zero-order chi connectivity index (χ0) is 15.1. The average molecular weight is 289 g/mol. The molecule has 1 saturated carbocycles. The molecule has 1 aliphatic rings. The Kier molecular flexibility index (Phi) is 5.81. The Balaban J connectivity index is 1.74. The zero-order valence-corrected chi connectivity index (χ0v) is 12.4. The quantitative estimate of drug-likeness (QED) is 0.818. The van der Waals surface area contributed by atoms with Crippen molar-refractivity contribution in [3.63, 3.8) is 0 Å². The van der Waals surface area contributed by atoms with E-state index in [9.17, 15) is 9.90 Å². The van der Waals surface area contributed by atoms with Gasteiger partial charge in [-0.2, -0.15) is 0 Å². The van der Waals surface area contributed by atoms with E-state index < -0.39 is 0 Å². The largest absolute Gasteiger partial charge is 0.497 e. The van der Waals surface area contributed by atoms with Crippen molar-refractivity contribution in [2.75, 3.05) is 13.7 Å². The number of rotatable bonds is 5. The van der Waals surface area contributed by atoms with Crippen molar-refractivity contribution in [2.45, 2.75) is 31.8 Å². The number of methoxy groups -OCH3 is 1. The standard InChI is InChI=1S/C17H23NO3/c1-21-16-9-4-13(5-10-16)6-11-17(20)18-12-14-2-7-15(19)8-3-14/h4-6,9-11,14-15,19H,2-3,7-8,12H2,1H3,(H,18,20)/b11-6+. The molecule has 0 aliphatic heterocycles. The molecule has 0 saturated heterocycles. The minimum Gasteiger partial charge on any atom is -0.497 e. The van der Waals surface area contributed by atoms with Crippen molar-refractivity contribution >= 4 is 12.0 Å². The summed E-state index contributed by atoms with van der Waals surface area (Å²) in [5, 5.41) is 12.4. The van der Waals surface area contributed by atoms with Crippen LogP contribution in [0.3, 0.4) is 0 Å². The summed E-state index contributed by atoms with van der Waals surface area (Å²) in [6, 6.07) is 7.55. The van der Waals surface area contributed by atoms with Crippen LogP contribution in [0.4, 0.5) is 0 Å². The van der Waals surface area contributed by atoms with Crippen LogP contribution in [0.2, 0.25) is 0 Å². The molecule has 0 atom stereocenters. The van der Waals surface area contributed by atoms with Gasteiger partial charge in [0.25, 0.3) is 0 Å². The highest BCUT2D eigenvalue weighted by molar-refractivity contribution is 5.91. The maximum atomic E-state index is 11.8. The lowest BCUT2D eigenvalue weighted by Gasteiger charge is -2.25. The van der Waals surface area contributed by atoms with Crippen LogP contribution in [0.15, 0.2) is 30.3 Å². The Hall–Kier alpha value is -1.81. The van der Waals surface area contributed by atoms with Gasteiger partial charge in [0.05, 0.1) is 13.2 Å². The van der Waals surface area contributed by atoms with Crippen molar-refractivity contribution in [1.82, 2.24) is 5.32 Å². The van der Waals surface area contributed by atoms with Gasteiger partial charge in [-0.05, 0) is 55.4 Å². The molecule has 21 heavy (non-hydrogen) atoms. The molecule has 0 aromatic heterocycles. The van der Waals surface area contributed by atoms with Crippen molar-refractivity contribution in [3.8, 4) is 5.75 Å². The molecule has 4 heteroatoms. The Morgan fingerprint density at radius 3 is 2.57 bits per heavy atom. The van der Waals surface area contributed by atoms with Gasteiger partial charge in [-0.3, -0.25) is 4.79 Å². The lowest BCUT2D eigenvalue weighted by molar-refractivity contribution is -0.116. The highest BCUT2D eigenvalue weighted by atomic mass is 16.5. The fourth-order valence-corrected chi connectivity index (χ4v) is 2.54.